The molecule has 0 radical (unpaired) electrons. The normalized spacial score (nSPS) is 10.8. The summed E-state index contributed by atoms with van der Waals surface area (Å²) >= 11 is 0. The Morgan fingerprint density at radius 2 is 1.77 bits per heavy atom. The van der Waals surface area contributed by atoms with Crippen LogP contribution >= 0.6 is 0 Å². The Balaban J connectivity index is 1.81. The first-order valence-electron chi connectivity index (χ1n) is 12.2. The quantitative estimate of drug-likeness (QED) is 0.345. The van der Waals surface area contributed by atoms with Gasteiger partial charge >= 0.3 is 11.9 Å². The highest BCUT2D eigenvalue weighted by molar-refractivity contribution is 6.01. The van der Waals surface area contributed by atoms with Gasteiger partial charge in [0, 0.05) is 26.7 Å². The van der Waals surface area contributed by atoms with Gasteiger partial charge in [-0.3, -0.25) is 14.6 Å². The lowest BCUT2D eigenvalue weighted by Crippen LogP contribution is -2.28. The number of ether oxygens (including phenoxy) is 2. The van der Waals surface area contributed by atoms with Crippen molar-refractivity contribution >= 4 is 28.9 Å². The third-order valence-corrected chi connectivity index (χ3v) is 6.02. The second-order valence-corrected chi connectivity index (χ2v) is 8.76. The molecule has 10 heteroatoms. The molecule has 0 saturated heterocycles. The van der Waals surface area contributed by atoms with Gasteiger partial charge in [0.2, 0.25) is 5.91 Å². The van der Waals surface area contributed by atoms with Gasteiger partial charge in [-0.15, -0.1) is 0 Å². The maximum atomic E-state index is 13.9. The fraction of sp³-hybridized carbons (Fsp3) is 0.207. The zero-order valence-electron chi connectivity index (χ0n) is 21.6. The monoisotopic (exact) mass is 531 g/mol. The number of nitrogens with zero attached hydrogens (tertiary/aromatic N) is 2. The number of nitrogens with one attached hydrogen (secondary N) is 1. The number of carbonyl (C=O) groups excluding carboxylic acids is 3. The first kappa shape index (κ1) is 27.2. The number of fused-ring (bicyclic) bond motifs is 1. The van der Waals surface area contributed by atoms with Crippen LogP contribution in [0.5, 0.6) is 5.75 Å². The minimum atomic E-state index is -0.935. The predicted molar refractivity (Wildman–Crippen MR) is 141 cm³/mol. The standard InChI is InChI=1S/C29H26FN3O6/c1-4-38-29(37)24-26(39-28(36)19-8-6-5-7-9-19)25-23(33(3)27(24)35)13-18(15-32-25)12-20-10-11-22(30)14-21(20)16-31-17(2)34/h5-11,13-15H,4,12,16H2,1-3H3,(H,31,34). The zero-order valence-corrected chi connectivity index (χ0v) is 21.6. The van der Waals surface area contributed by atoms with Gasteiger partial charge in [-0.2, -0.15) is 0 Å². The molecule has 200 valence electrons. The molecule has 0 unspecified atom stereocenters. The molecule has 0 spiro atoms. The van der Waals surface area contributed by atoms with Crippen molar-refractivity contribution < 1.29 is 28.2 Å². The molecule has 1 amide bonds. The van der Waals surface area contributed by atoms with Crippen LogP contribution in [-0.2, 0) is 29.5 Å². The first-order chi connectivity index (χ1) is 18.7. The summed E-state index contributed by atoms with van der Waals surface area (Å²) in [5, 5.41) is 2.67. The maximum absolute atomic E-state index is 13.9. The number of esters is 2. The van der Waals surface area contributed by atoms with Crippen LogP contribution in [-0.4, -0.2) is 34.0 Å². The number of benzene rings is 2. The summed E-state index contributed by atoms with van der Waals surface area (Å²) in [5.41, 5.74) is 1.50. The lowest BCUT2D eigenvalue weighted by Gasteiger charge is -2.16. The average Bonchev–Trinajstić information content (AvgIpc) is 2.92. The largest absolute Gasteiger partial charge is 0.462 e. The Hall–Kier alpha value is -4.86. The number of halogens is 1. The Labute approximate surface area is 223 Å². The zero-order chi connectivity index (χ0) is 28.1. The first-order valence-corrected chi connectivity index (χ1v) is 12.2. The SMILES string of the molecule is CCOC(=O)c1c(OC(=O)c2ccccc2)c2ncc(Cc3ccc(F)cc3CNC(C)=O)cc2n(C)c1=O. The Kier molecular flexibility index (Phi) is 8.14. The second kappa shape index (κ2) is 11.7. The van der Waals surface area contributed by atoms with Gasteiger partial charge in [0.05, 0.1) is 17.7 Å². The fourth-order valence-electron chi connectivity index (χ4n) is 4.09. The molecule has 0 aliphatic heterocycles. The highest BCUT2D eigenvalue weighted by atomic mass is 19.1. The molecular formula is C29H26FN3O6. The smallest absolute Gasteiger partial charge is 0.347 e. The molecule has 4 aromatic rings. The summed E-state index contributed by atoms with van der Waals surface area (Å²) in [6.07, 6.45) is 1.83. The number of rotatable bonds is 8. The molecule has 2 aromatic heterocycles. The van der Waals surface area contributed by atoms with Crippen LogP contribution in [0.1, 0.15) is 51.3 Å². The number of hydrogen-bond acceptors (Lipinski definition) is 7. The Morgan fingerprint density at radius 1 is 1.03 bits per heavy atom. The molecule has 1 N–H and O–H groups in total. The van der Waals surface area contributed by atoms with Crippen molar-refractivity contribution in [1.29, 1.82) is 0 Å². The van der Waals surface area contributed by atoms with Crippen LogP contribution in [0.15, 0.2) is 65.6 Å². The number of amides is 1. The molecule has 0 bridgehead atoms. The molecule has 2 aromatic carbocycles. The van der Waals surface area contributed by atoms with Gasteiger partial charge < -0.3 is 19.4 Å². The van der Waals surface area contributed by atoms with Crippen molar-refractivity contribution in [2.75, 3.05) is 6.61 Å². The maximum Gasteiger partial charge on any atom is 0.347 e. The van der Waals surface area contributed by atoms with Gasteiger partial charge in [-0.05, 0) is 60.4 Å². The number of aryl methyl sites for hydroxylation is 1. The number of pyridine rings is 2. The summed E-state index contributed by atoms with van der Waals surface area (Å²) in [4.78, 5) is 54.8. The van der Waals surface area contributed by atoms with E-state index >= 15 is 0 Å². The third-order valence-electron chi connectivity index (χ3n) is 6.02. The fourth-order valence-corrected chi connectivity index (χ4v) is 4.09. The van der Waals surface area contributed by atoms with Crippen molar-refractivity contribution in [1.82, 2.24) is 14.9 Å². The topological polar surface area (TPSA) is 117 Å². The molecule has 4 rings (SSSR count). The Bertz CT molecular complexity index is 1630. The van der Waals surface area contributed by atoms with E-state index in [1.165, 1.54) is 36.9 Å². The van der Waals surface area contributed by atoms with Crippen LogP contribution in [0.2, 0.25) is 0 Å². The minimum Gasteiger partial charge on any atom is -0.462 e. The Morgan fingerprint density at radius 3 is 2.46 bits per heavy atom. The van der Waals surface area contributed by atoms with E-state index in [9.17, 15) is 23.6 Å². The predicted octanol–water partition coefficient (Wildman–Crippen LogP) is 3.70. The van der Waals surface area contributed by atoms with E-state index in [-0.39, 0.29) is 35.9 Å². The van der Waals surface area contributed by atoms with Crippen molar-refractivity contribution in [3.63, 3.8) is 0 Å². The summed E-state index contributed by atoms with van der Waals surface area (Å²) in [7, 11) is 1.47. The van der Waals surface area contributed by atoms with Crippen LogP contribution in [0.3, 0.4) is 0 Å². The molecule has 0 aliphatic carbocycles. The van der Waals surface area contributed by atoms with Crippen LogP contribution in [0.4, 0.5) is 4.39 Å². The van der Waals surface area contributed by atoms with E-state index in [1.807, 2.05) is 0 Å². The van der Waals surface area contributed by atoms with Crippen LogP contribution in [0.25, 0.3) is 11.0 Å². The van der Waals surface area contributed by atoms with Crippen LogP contribution in [0, 0.1) is 5.82 Å². The van der Waals surface area contributed by atoms with Crippen molar-refractivity contribution in [2.45, 2.75) is 26.8 Å². The van der Waals surface area contributed by atoms with E-state index in [4.69, 9.17) is 9.47 Å². The number of carbonyl (C=O) groups is 3. The number of aromatic nitrogens is 2. The van der Waals surface area contributed by atoms with Gasteiger partial charge in [0.1, 0.15) is 11.3 Å². The van der Waals surface area contributed by atoms with E-state index < -0.39 is 28.9 Å². The molecular weight excluding hydrogens is 505 g/mol. The second-order valence-electron chi connectivity index (χ2n) is 8.76. The summed E-state index contributed by atoms with van der Waals surface area (Å²) in [6.45, 7) is 3.13. The summed E-state index contributed by atoms with van der Waals surface area (Å²) in [5.74, 6) is -2.68. The van der Waals surface area contributed by atoms with Crippen molar-refractivity contribution in [2.24, 2.45) is 7.05 Å². The van der Waals surface area contributed by atoms with Crippen LogP contribution < -0.4 is 15.6 Å². The molecule has 0 aliphatic rings. The van der Waals surface area contributed by atoms with Crippen molar-refractivity contribution in [3.8, 4) is 5.75 Å². The lowest BCUT2D eigenvalue weighted by molar-refractivity contribution is -0.119. The molecule has 0 fully saturated rings. The van der Waals surface area contributed by atoms with Gasteiger partial charge in [0.25, 0.3) is 5.56 Å². The van der Waals surface area contributed by atoms with Gasteiger partial charge in [-0.25, -0.2) is 14.0 Å². The highest BCUT2D eigenvalue weighted by Crippen LogP contribution is 2.29. The third kappa shape index (κ3) is 6.01. The molecule has 0 saturated carbocycles. The van der Waals surface area contributed by atoms with Crippen molar-refractivity contribution in [3.05, 3.63) is 105 Å². The summed E-state index contributed by atoms with van der Waals surface area (Å²) in [6, 6.07) is 14.1. The van der Waals surface area contributed by atoms with E-state index in [0.29, 0.717) is 23.1 Å². The lowest BCUT2D eigenvalue weighted by atomic mass is 10.00. The minimum absolute atomic E-state index is 0.0109. The van der Waals surface area contributed by atoms with E-state index in [0.717, 1.165) is 5.56 Å². The molecule has 39 heavy (non-hydrogen) atoms. The molecule has 0 atom stereocenters. The molecule has 9 nitrogen and oxygen atoms in total. The highest BCUT2D eigenvalue weighted by Gasteiger charge is 2.27. The van der Waals surface area contributed by atoms with Gasteiger partial charge in [-0.1, -0.05) is 24.3 Å². The molecule has 2 heterocycles. The van der Waals surface area contributed by atoms with Gasteiger partial charge in [0.15, 0.2) is 11.3 Å². The number of hydrogen-bond donors (Lipinski definition) is 1. The van der Waals surface area contributed by atoms with E-state index in [2.05, 4.69) is 10.3 Å². The average molecular weight is 532 g/mol. The van der Waals surface area contributed by atoms with E-state index in [1.54, 1.807) is 49.4 Å². The summed E-state index contributed by atoms with van der Waals surface area (Å²) < 4.78 is 25.8.